The molecular formula is C15H20Cl2F3N3O. The minimum atomic E-state index is -4.48. The third kappa shape index (κ3) is 5.42. The minimum Gasteiger partial charge on any atom is -0.497 e. The summed E-state index contributed by atoms with van der Waals surface area (Å²) in [5.41, 5.74) is -0.595. The van der Waals surface area contributed by atoms with Crippen LogP contribution >= 0.6 is 24.8 Å². The number of nitriles is 1. The van der Waals surface area contributed by atoms with Crippen molar-refractivity contribution in [3.8, 4) is 11.8 Å². The molecule has 1 aliphatic heterocycles. The monoisotopic (exact) mass is 385 g/mol. The van der Waals surface area contributed by atoms with E-state index in [1.54, 1.807) is 0 Å². The van der Waals surface area contributed by atoms with Gasteiger partial charge in [0.2, 0.25) is 0 Å². The molecule has 1 heterocycles. The molecule has 0 saturated carbocycles. The highest BCUT2D eigenvalue weighted by atomic mass is 35.5. The van der Waals surface area contributed by atoms with E-state index in [9.17, 15) is 13.2 Å². The third-order valence-corrected chi connectivity index (χ3v) is 3.80. The van der Waals surface area contributed by atoms with Gasteiger partial charge in [0.05, 0.1) is 25.2 Å². The number of ether oxygens (including phenoxy) is 1. The van der Waals surface area contributed by atoms with Gasteiger partial charge in [-0.3, -0.25) is 4.90 Å². The molecule has 1 fully saturated rings. The first-order chi connectivity index (χ1) is 10.5. The van der Waals surface area contributed by atoms with E-state index in [0.717, 1.165) is 6.07 Å². The number of rotatable bonds is 4. The molecule has 0 radical (unpaired) electrons. The number of benzene rings is 1. The summed E-state index contributed by atoms with van der Waals surface area (Å²) in [6, 6.07) is 5.38. The number of hydrogen-bond donors (Lipinski definition) is 1. The molecule has 1 aliphatic rings. The molecule has 9 heteroatoms. The van der Waals surface area contributed by atoms with E-state index in [1.807, 2.05) is 11.0 Å². The highest BCUT2D eigenvalue weighted by Crippen LogP contribution is 2.39. The second kappa shape index (κ2) is 9.94. The fraction of sp³-hybridized carbons (Fsp3) is 0.533. The summed E-state index contributed by atoms with van der Waals surface area (Å²) >= 11 is 0. The first-order valence-electron chi connectivity index (χ1n) is 7.04. The molecule has 2 rings (SSSR count). The van der Waals surface area contributed by atoms with Crippen LogP contribution in [0.2, 0.25) is 0 Å². The fourth-order valence-electron chi connectivity index (χ4n) is 2.71. The number of piperazine rings is 1. The maximum atomic E-state index is 13.4. The first-order valence-corrected chi connectivity index (χ1v) is 7.04. The Balaban J connectivity index is 0.00000264. The van der Waals surface area contributed by atoms with Gasteiger partial charge in [0.1, 0.15) is 5.75 Å². The maximum Gasteiger partial charge on any atom is 0.416 e. The topological polar surface area (TPSA) is 48.3 Å². The zero-order valence-corrected chi connectivity index (χ0v) is 14.7. The number of nitrogens with zero attached hydrogens (tertiary/aromatic N) is 2. The van der Waals surface area contributed by atoms with Crippen LogP contribution in [0.5, 0.6) is 5.75 Å². The van der Waals surface area contributed by atoms with Crippen LogP contribution in [-0.4, -0.2) is 38.2 Å². The normalized spacial score (nSPS) is 16.3. The average molecular weight is 386 g/mol. The molecule has 136 valence electrons. The van der Waals surface area contributed by atoms with Crippen molar-refractivity contribution in [3.05, 3.63) is 29.3 Å². The summed E-state index contributed by atoms with van der Waals surface area (Å²) in [6.07, 6.45) is -4.46. The summed E-state index contributed by atoms with van der Waals surface area (Å²) < 4.78 is 45.0. The molecule has 4 nitrogen and oxygen atoms in total. The lowest BCUT2D eigenvalue weighted by atomic mass is 9.95. The number of methoxy groups -OCH3 is 1. The van der Waals surface area contributed by atoms with Crippen molar-refractivity contribution in [3.63, 3.8) is 0 Å². The van der Waals surface area contributed by atoms with Crippen molar-refractivity contribution < 1.29 is 17.9 Å². The largest absolute Gasteiger partial charge is 0.497 e. The summed E-state index contributed by atoms with van der Waals surface area (Å²) in [5.74, 6) is 0.159. The van der Waals surface area contributed by atoms with Gasteiger partial charge in [0.25, 0.3) is 0 Å². The average Bonchev–Trinajstić information content (AvgIpc) is 2.52. The van der Waals surface area contributed by atoms with Gasteiger partial charge in [0, 0.05) is 32.2 Å². The Kier molecular flexibility index (Phi) is 9.45. The summed E-state index contributed by atoms with van der Waals surface area (Å²) in [7, 11) is 1.33. The Morgan fingerprint density at radius 3 is 2.42 bits per heavy atom. The smallest absolute Gasteiger partial charge is 0.416 e. The van der Waals surface area contributed by atoms with Crippen molar-refractivity contribution in [2.45, 2.75) is 18.6 Å². The van der Waals surface area contributed by atoms with Crippen molar-refractivity contribution in [2.24, 2.45) is 0 Å². The lowest BCUT2D eigenvalue weighted by Gasteiger charge is -2.35. The van der Waals surface area contributed by atoms with Gasteiger partial charge in [-0.2, -0.15) is 18.4 Å². The van der Waals surface area contributed by atoms with Crippen molar-refractivity contribution in [2.75, 3.05) is 33.3 Å². The molecule has 0 bridgehead atoms. The Morgan fingerprint density at radius 1 is 1.29 bits per heavy atom. The van der Waals surface area contributed by atoms with Gasteiger partial charge < -0.3 is 10.1 Å². The second-order valence-corrected chi connectivity index (χ2v) is 5.11. The van der Waals surface area contributed by atoms with Gasteiger partial charge in [-0.1, -0.05) is 6.07 Å². The van der Waals surface area contributed by atoms with Gasteiger partial charge in [-0.25, -0.2) is 0 Å². The van der Waals surface area contributed by atoms with Crippen LogP contribution in [0, 0.1) is 11.3 Å². The predicted molar refractivity (Wildman–Crippen MR) is 89.9 cm³/mol. The summed E-state index contributed by atoms with van der Waals surface area (Å²) in [6.45, 7) is 2.66. The van der Waals surface area contributed by atoms with E-state index in [-0.39, 0.29) is 42.5 Å². The van der Waals surface area contributed by atoms with Crippen LogP contribution in [0.15, 0.2) is 18.2 Å². The van der Waals surface area contributed by atoms with Crippen molar-refractivity contribution in [1.82, 2.24) is 10.2 Å². The molecule has 1 atom stereocenters. The Labute approximate surface area is 151 Å². The van der Waals surface area contributed by atoms with E-state index in [4.69, 9.17) is 10.00 Å². The van der Waals surface area contributed by atoms with Crippen LogP contribution < -0.4 is 10.1 Å². The van der Waals surface area contributed by atoms with Crippen LogP contribution in [0.1, 0.15) is 23.6 Å². The number of hydrogen-bond acceptors (Lipinski definition) is 4. The van der Waals surface area contributed by atoms with Crippen LogP contribution in [0.3, 0.4) is 0 Å². The molecule has 0 spiro atoms. The highest BCUT2D eigenvalue weighted by molar-refractivity contribution is 5.85. The fourth-order valence-corrected chi connectivity index (χ4v) is 2.71. The van der Waals surface area contributed by atoms with E-state index in [2.05, 4.69) is 5.32 Å². The predicted octanol–water partition coefficient (Wildman–Crippen LogP) is 3.42. The van der Waals surface area contributed by atoms with Crippen LogP contribution in [0.4, 0.5) is 13.2 Å². The molecule has 0 aromatic heterocycles. The zero-order valence-electron chi connectivity index (χ0n) is 13.1. The molecule has 1 saturated heterocycles. The standard InChI is InChI=1S/C15H18F3N3O.2ClH/c1-22-11-2-3-12(13(10-11)15(16,17)18)14(4-5-19)21-8-6-20-7-9-21;;/h2-3,10,14,20H,4,6-9H2,1H3;2*1H/t14-;;/m1../s1. The van der Waals surface area contributed by atoms with E-state index >= 15 is 0 Å². The molecule has 1 aromatic rings. The highest BCUT2D eigenvalue weighted by Gasteiger charge is 2.37. The molecule has 0 aliphatic carbocycles. The molecule has 1 aromatic carbocycles. The summed E-state index contributed by atoms with van der Waals surface area (Å²) in [4.78, 5) is 1.93. The molecule has 0 amide bonds. The number of alkyl halides is 3. The summed E-state index contributed by atoms with van der Waals surface area (Å²) in [5, 5.41) is 12.2. The SMILES string of the molecule is COc1ccc([C@@H](CC#N)N2CCNCC2)c(C(F)(F)F)c1.Cl.Cl. The minimum absolute atomic E-state index is 0. The van der Waals surface area contributed by atoms with Gasteiger partial charge >= 0.3 is 6.18 Å². The van der Waals surface area contributed by atoms with E-state index in [1.165, 1.54) is 19.2 Å². The Morgan fingerprint density at radius 2 is 1.92 bits per heavy atom. The van der Waals surface area contributed by atoms with E-state index in [0.29, 0.717) is 26.2 Å². The number of nitrogens with one attached hydrogen (secondary N) is 1. The second-order valence-electron chi connectivity index (χ2n) is 5.11. The Bertz CT molecular complexity index is 558. The zero-order chi connectivity index (χ0) is 16.2. The lowest BCUT2D eigenvalue weighted by molar-refractivity contribution is -0.138. The number of halogens is 5. The van der Waals surface area contributed by atoms with E-state index < -0.39 is 17.8 Å². The lowest BCUT2D eigenvalue weighted by Crippen LogP contribution is -2.45. The molecule has 24 heavy (non-hydrogen) atoms. The maximum absolute atomic E-state index is 13.4. The van der Waals surface area contributed by atoms with Crippen LogP contribution in [0.25, 0.3) is 0 Å². The van der Waals surface area contributed by atoms with Crippen molar-refractivity contribution >= 4 is 24.8 Å². The van der Waals surface area contributed by atoms with Gasteiger partial charge in [-0.05, 0) is 17.7 Å². The quantitative estimate of drug-likeness (QED) is 0.862. The Hall–Kier alpha value is -1.20. The van der Waals surface area contributed by atoms with Gasteiger partial charge in [0.15, 0.2) is 0 Å². The molecule has 1 N–H and O–H groups in total. The first kappa shape index (κ1) is 22.8. The molecule has 0 unspecified atom stereocenters. The van der Waals surface area contributed by atoms with Crippen LogP contribution in [-0.2, 0) is 6.18 Å². The third-order valence-electron chi connectivity index (χ3n) is 3.80. The van der Waals surface area contributed by atoms with Gasteiger partial charge in [-0.15, -0.1) is 24.8 Å². The van der Waals surface area contributed by atoms with Crippen molar-refractivity contribution in [1.29, 1.82) is 5.26 Å². The molecular weight excluding hydrogens is 366 g/mol.